The summed E-state index contributed by atoms with van der Waals surface area (Å²) < 4.78 is 38.3. The summed E-state index contributed by atoms with van der Waals surface area (Å²) in [7, 11) is 0. The van der Waals surface area contributed by atoms with E-state index >= 15 is 0 Å². The fraction of sp³-hybridized carbons (Fsp3) is 0.522. The third-order valence-corrected chi connectivity index (χ3v) is 6.15. The zero-order valence-electron chi connectivity index (χ0n) is 17.8. The standard InChI is InChI=1S/C16H19F3N2O.C7H8N2O/c17-16(18,19)13-5-1-4-12(10-13)11-21-9-3-8-20-7-2-6-14(20)15(21)22;10-7-4-8-6(3-9-7)5-1-2-5/h1,4-5,10,14H,2-3,6-9,11H2;3-5H,1-2H2,(H,9,10)/t14-;/m0./s1. The first-order valence-corrected chi connectivity index (χ1v) is 11.0. The van der Waals surface area contributed by atoms with Gasteiger partial charge in [-0.3, -0.25) is 19.5 Å². The SMILES string of the molecule is O=C1[C@@H]2CCCN2CCCN1Cc1cccc(C(F)(F)F)c1.O=c1cnc(C2CC2)c[nH]1. The van der Waals surface area contributed by atoms with E-state index in [4.69, 9.17) is 0 Å². The highest BCUT2D eigenvalue weighted by molar-refractivity contribution is 5.82. The molecule has 32 heavy (non-hydrogen) atoms. The predicted molar refractivity (Wildman–Crippen MR) is 113 cm³/mol. The molecular formula is C23H27F3N4O2. The molecular weight excluding hydrogens is 421 g/mol. The lowest BCUT2D eigenvalue weighted by Gasteiger charge is -2.25. The minimum Gasteiger partial charge on any atom is -0.337 e. The number of H-pyrrole nitrogens is 1. The van der Waals surface area contributed by atoms with E-state index in [1.165, 1.54) is 25.1 Å². The van der Waals surface area contributed by atoms with Crippen LogP contribution in [0.3, 0.4) is 0 Å². The molecule has 1 aromatic carbocycles. The van der Waals surface area contributed by atoms with Gasteiger partial charge >= 0.3 is 6.18 Å². The van der Waals surface area contributed by atoms with Crippen LogP contribution in [-0.2, 0) is 17.5 Å². The summed E-state index contributed by atoms with van der Waals surface area (Å²) in [4.78, 5) is 33.6. The largest absolute Gasteiger partial charge is 0.416 e. The van der Waals surface area contributed by atoms with Crippen LogP contribution in [0.4, 0.5) is 13.2 Å². The van der Waals surface area contributed by atoms with Crippen LogP contribution in [0.25, 0.3) is 0 Å². The Balaban J connectivity index is 0.000000203. The summed E-state index contributed by atoms with van der Waals surface area (Å²) >= 11 is 0. The molecule has 3 fully saturated rings. The van der Waals surface area contributed by atoms with E-state index in [0.717, 1.165) is 50.2 Å². The molecule has 1 saturated carbocycles. The molecule has 0 spiro atoms. The third-order valence-electron chi connectivity index (χ3n) is 6.15. The average molecular weight is 448 g/mol. The van der Waals surface area contributed by atoms with E-state index in [2.05, 4.69) is 14.9 Å². The van der Waals surface area contributed by atoms with Crippen molar-refractivity contribution in [3.8, 4) is 0 Å². The Labute approximate surface area is 184 Å². The number of nitrogens with one attached hydrogen (secondary N) is 1. The zero-order chi connectivity index (χ0) is 22.7. The molecule has 3 heterocycles. The van der Waals surface area contributed by atoms with Gasteiger partial charge < -0.3 is 9.88 Å². The van der Waals surface area contributed by atoms with Crippen LogP contribution in [0.1, 0.15) is 54.8 Å². The maximum absolute atomic E-state index is 12.8. The van der Waals surface area contributed by atoms with Gasteiger partial charge in [-0.25, -0.2) is 0 Å². The minimum absolute atomic E-state index is 0.0624. The number of halogens is 3. The molecule has 9 heteroatoms. The molecule has 5 rings (SSSR count). The molecule has 3 aliphatic rings. The Bertz CT molecular complexity index is 983. The summed E-state index contributed by atoms with van der Waals surface area (Å²) in [6, 6.07) is 5.19. The summed E-state index contributed by atoms with van der Waals surface area (Å²) in [5.74, 6) is 0.685. The van der Waals surface area contributed by atoms with Crippen molar-refractivity contribution in [2.75, 3.05) is 19.6 Å². The predicted octanol–water partition coefficient (Wildman–Crippen LogP) is 3.55. The van der Waals surface area contributed by atoms with Crippen LogP contribution >= 0.6 is 0 Å². The van der Waals surface area contributed by atoms with Gasteiger partial charge in [0.05, 0.1) is 23.5 Å². The first-order valence-electron chi connectivity index (χ1n) is 11.0. The number of amides is 1. The Hall–Kier alpha value is -2.68. The molecule has 6 nitrogen and oxygen atoms in total. The second kappa shape index (κ2) is 9.44. The normalized spacial score (nSPS) is 21.5. The molecule has 172 valence electrons. The molecule has 2 aromatic rings. The molecule has 0 bridgehead atoms. The van der Waals surface area contributed by atoms with Crippen molar-refractivity contribution in [2.45, 2.75) is 56.8 Å². The van der Waals surface area contributed by atoms with E-state index < -0.39 is 11.7 Å². The molecule has 2 saturated heterocycles. The fourth-order valence-corrected chi connectivity index (χ4v) is 4.34. The van der Waals surface area contributed by atoms with E-state index in [9.17, 15) is 22.8 Å². The maximum Gasteiger partial charge on any atom is 0.416 e. The molecule has 0 unspecified atom stereocenters. The topological polar surface area (TPSA) is 69.3 Å². The maximum atomic E-state index is 12.8. The van der Waals surface area contributed by atoms with Crippen LogP contribution in [0.15, 0.2) is 41.5 Å². The number of hydrogen-bond donors (Lipinski definition) is 1. The number of carbonyl (C=O) groups excluding carboxylic acids is 1. The van der Waals surface area contributed by atoms with Gasteiger partial charge in [-0.2, -0.15) is 13.2 Å². The second-order valence-corrected chi connectivity index (χ2v) is 8.62. The van der Waals surface area contributed by atoms with Gasteiger partial charge in [0, 0.05) is 31.7 Å². The van der Waals surface area contributed by atoms with E-state index in [0.29, 0.717) is 18.0 Å². The minimum atomic E-state index is -4.35. The quantitative estimate of drug-likeness (QED) is 0.780. The molecule has 1 atom stereocenters. The van der Waals surface area contributed by atoms with Crippen LogP contribution in [0.5, 0.6) is 0 Å². The number of nitrogens with zero attached hydrogens (tertiary/aromatic N) is 3. The van der Waals surface area contributed by atoms with Crippen molar-refractivity contribution < 1.29 is 18.0 Å². The molecule has 1 N–H and O–H groups in total. The monoisotopic (exact) mass is 448 g/mol. The van der Waals surface area contributed by atoms with Gasteiger partial charge in [0.15, 0.2) is 0 Å². The number of rotatable bonds is 3. The van der Waals surface area contributed by atoms with Gasteiger partial charge in [0.1, 0.15) is 0 Å². The Morgan fingerprint density at radius 1 is 1.06 bits per heavy atom. The van der Waals surface area contributed by atoms with E-state index in [1.54, 1.807) is 17.2 Å². The lowest BCUT2D eigenvalue weighted by atomic mass is 10.1. The fourth-order valence-electron chi connectivity index (χ4n) is 4.34. The number of fused-ring (bicyclic) bond motifs is 1. The Kier molecular flexibility index (Phi) is 6.64. The van der Waals surface area contributed by atoms with Crippen molar-refractivity contribution in [3.05, 3.63) is 63.8 Å². The lowest BCUT2D eigenvalue weighted by Crippen LogP contribution is -2.42. The van der Waals surface area contributed by atoms with Crippen LogP contribution in [0, 0.1) is 0 Å². The van der Waals surface area contributed by atoms with Gasteiger partial charge in [0.25, 0.3) is 5.56 Å². The van der Waals surface area contributed by atoms with Gasteiger partial charge in [-0.1, -0.05) is 12.1 Å². The highest BCUT2D eigenvalue weighted by Gasteiger charge is 2.36. The highest BCUT2D eigenvalue weighted by atomic mass is 19.4. The Morgan fingerprint density at radius 2 is 1.84 bits per heavy atom. The zero-order valence-corrected chi connectivity index (χ0v) is 17.8. The number of aromatic nitrogens is 2. The third kappa shape index (κ3) is 5.56. The molecule has 1 aliphatic carbocycles. The summed E-state index contributed by atoms with van der Waals surface area (Å²) in [5, 5.41) is 0. The first kappa shape index (κ1) is 22.5. The van der Waals surface area contributed by atoms with Crippen molar-refractivity contribution in [2.24, 2.45) is 0 Å². The molecule has 2 aliphatic heterocycles. The van der Waals surface area contributed by atoms with Crippen LogP contribution < -0.4 is 5.56 Å². The number of carbonyl (C=O) groups is 1. The van der Waals surface area contributed by atoms with Crippen molar-refractivity contribution in [3.63, 3.8) is 0 Å². The molecule has 1 aromatic heterocycles. The highest BCUT2D eigenvalue weighted by Crippen LogP contribution is 2.38. The number of hydrogen-bond acceptors (Lipinski definition) is 4. The van der Waals surface area contributed by atoms with Gasteiger partial charge in [-0.05, 0) is 56.3 Å². The van der Waals surface area contributed by atoms with Gasteiger partial charge in [0.2, 0.25) is 5.91 Å². The van der Waals surface area contributed by atoms with E-state index in [-0.39, 0.29) is 24.1 Å². The van der Waals surface area contributed by atoms with Crippen molar-refractivity contribution >= 4 is 5.91 Å². The smallest absolute Gasteiger partial charge is 0.337 e. The molecule has 1 amide bonds. The lowest BCUT2D eigenvalue weighted by molar-refractivity contribution is -0.137. The number of alkyl halides is 3. The number of benzene rings is 1. The second-order valence-electron chi connectivity index (χ2n) is 8.62. The van der Waals surface area contributed by atoms with Crippen molar-refractivity contribution in [1.29, 1.82) is 0 Å². The van der Waals surface area contributed by atoms with Gasteiger partial charge in [-0.15, -0.1) is 0 Å². The first-order chi connectivity index (χ1) is 15.3. The number of aromatic amines is 1. The van der Waals surface area contributed by atoms with Crippen molar-refractivity contribution in [1.82, 2.24) is 19.8 Å². The van der Waals surface area contributed by atoms with Crippen LogP contribution in [0.2, 0.25) is 0 Å². The van der Waals surface area contributed by atoms with E-state index in [1.807, 2.05) is 0 Å². The average Bonchev–Trinajstić information content (AvgIpc) is 3.53. The summed E-state index contributed by atoms with van der Waals surface area (Å²) in [6.07, 6.45) is 3.90. The summed E-state index contributed by atoms with van der Waals surface area (Å²) in [5.41, 5.74) is 0.786. The summed E-state index contributed by atoms with van der Waals surface area (Å²) in [6.45, 7) is 2.72. The molecule has 0 radical (unpaired) electrons. The Morgan fingerprint density at radius 3 is 2.53 bits per heavy atom. The van der Waals surface area contributed by atoms with Crippen LogP contribution in [-0.4, -0.2) is 51.4 Å².